The number of Topliss-reactive ketones (excluding diaryl/α,β-unsaturated/α-hetero) is 1. The molecule has 1 unspecified atom stereocenters. The van der Waals surface area contributed by atoms with Crippen LogP contribution >= 0.6 is 0 Å². The number of aliphatic hydroxyl groups excluding tert-OH is 1. The van der Waals surface area contributed by atoms with Crippen molar-refractivity contribution in [2.45, 2.75) is 18.1 Å². The molecule has 0 saturated carbocycles. The van der Waals surface area contributed by atoms with Crippen LogP contribution in [0.5, 0.6) is 0 Å². The lowest BCUT2D eigenvalue weighted by molar-refractivity contribution is -0.175. The van der Waals surface area contributed by atoms with Crippen LogP contribution in [0.3, 0.4) is 0 Å². The zero-order chi connectivity index (χ0) is 17.5. The van der Waals surface area contributed by atoms with E-state index in [-0.39, 0.29) is 11.3 Å². The molecule has 0 radical (unpaired) electrons. The lowest BCUT2D eigenvalue weighted by Gasteiger charge is -2.41. The van der Waals surface area contributed by atoms with Gasteiger partial charge in [-0.3, -0.25) is 4.79 Å². The molecule has 6 heteroatoms. The number of ketones is 1. The van der Waals surface area contributed by atoms with E-state index < -0.39 is 29.2 Å². The fourth-order valence-electron chi connectivity index (χ4n) is 3.02. The minimum atomic E-state index is -2.72. The molecule has 0 spiro atoms. The Hall–Kier alpha value is -2.54. The number of fused-ring (bicyclic) bond motifs is 1. The molecule has 0 amide bonds. The summed E-state index contributed by atoms with van der Waals surface area (Å²) >= 11 is 0. The van der Waals surface area contributed by atoms with E-state index in [9.17, 15) is 24.9 Å². The highest BCUT2D eigenvalue weighted by atomic mass is 16.5. The van der Waals surface area contributed by atoms with Crippen molar-refractivity contribution in [3.8, 4) is 0 Å². The maximum atomic E-state index is 13.1. The lowest BCUT2D eigenvalue weighted by atomic mass is 9.67. The Morgan fingerprint density at radius 3 is 2.50 bits per heavy atom. The van der Waals surface area contributed by atoms with Crippen molar-refractivity contribution in [2.75, 3.05) is 6.61 Å². The van der Waals surface area contributed by atoms with Gasteiger partial charge in [0, 0.05) is 17.2 Å². The van der Waals surface area contributed by atoms with E-state index in [4.69, 9.17) is 4.42 Å². The van der Waals surface area contributed by atoms with E-state index in [1.54, 1.807) is 25.1 Å². The molecule has 24 heavy (non-hydrogen) atoms. The fourth-order valence-corrected chi connectivity index (χ4v) is 3.02. The molecule has 2 aromatic rings. The van der Waals surface area contributed by atoms with Crippen LogP contribution in [-0.4, -0.2) is 33.5 Å². The first-order valence-electron chi connectivity index (χ1n) is 7.33. The number of hydrogen-bond acceptors (Lipinski definition) is 6. The van der Waals surface area contributed by atoms with Crippen LogP contribution in [0.1, 0.15) is 27.2 Å². The molecule has 6 nitrogen and oxygen atoms in total. The normalized spacial score (nSPS) is 21.3. The summed E-state index contributed by atoms with van der Waals surface area (Å²) in [5.41, 5.74) is -1.94. The van der Waals surface area contributed by atoms with Gasteiger partial charge in [-0.2, -0.15) is 0 Å². The Kier molecular flexibility index (Phi) is 3.76. The molecule has 0 aliphatic heterocycles. The second-order valence-corrected chi connectivity index (χ2v) is 5.81. The molecule has 1 atom stereocenters. The van der Waals surface area contributed by atoms with E-state index in [1.807, 2.05) is 0 Å². The highest BCUT2D eigenvalue weighted by Crippen LogP contribution is 2.43. The van der Waals surface area contributed by atoms with Gasteiger partial charge >= 0.3 is 5.63 Å². The fraction of sp³-hybridized carbons (Fsp3) is 0.222. The van der Waals surface area contributed by atoms with Gasteiger partial charge in [0.15, 0.2) is 11.2 Å². The Bertz CT molecular complexity index is 878. The number of aliphatic hydroxyl groups is 3. The minimum absolute atomic E-state index is 0.157. The number of aryl methyl sites for hydroxylation is 1. The predicted octanol–water partition coefficient (Wildman–Crippen LogP) is 0.769. The number of hydrogen-bond donors (Lipinski definition) is 3. The first-order chi connectivity index (χ1) is 11.3. The molecule has 3 rings (SSSR count). The molecular weight excluding hydrogens is 312 g/mol. The average molecular weight is 328 g/mol. The molecule has 1 aromatic heterocycles. The van der Waals surface area contributed by atoms with Gasteiger partial charge in [-0.05, 0) is 24.6 Å². The maximum Gasteiger partial charge on any atom is 0.336 e. The number of carbonyl (C=O) groups is 1. The zero-order valence-corrected chi connectivity index (χ0v) is 12.9. The molecule has 1 aromatic carbocycles. The van der Waals surface area contributed by atoms with Crippen molar-refractivity contribution < 1.29 is 24.5 Å². The van der Waals surface area contributed by atoms with Crippen molar-refractivity contribution in [3.05, 3.63) is 75.3 Å². The highest BCUT2D eigenvalue weighted by molar-refractivity contribution is 6.06. The minimum Gasteiger partial charge on any atom is -0.426 e. The van der Waals surface area contributed by atoms with Crippen molar-refractivity contribution in [2.24, 2.45) is 0 Å². The largest absolute Gasteiger partial charge is 0.426 e. The van der Waals surface area contributed by atoms with Gasteiger partial charge in [0.1, 0.15) is 5.76 Å². The first-order valence-corrected chi connectivity index (χ1v) is 7.33. The summed E-state index contributed by atoms with van der Waals surface area (Å²) in [4.78, 5) is 24.9. The molecule has 1 heterocycles. The van der Waals surface area contributed by atoms with Gasteiger partial charge in [-0.15, -0.1) is 0 Å². The second kappa shape index (κ2) is 5.52. The summed E-state index contributed by atoms with van der Waals surface area (Å²) in [6, 6.07) is 9.14. The van der Waals surface area contributed by atoms with E-state index in [2.05, 4.69) is 0 Å². The second-order valence-electron chi connectivity index (χ2n) is 5.81. The molecule has 124 valence electrons. The van der Waals surface area contributed by atoms with Crippen molar-refractivity contribution in [3.63, 3.8) is 0 Å². The molecule has 0 bridgehead atoms. The smallest absolute Gasteiger partial charge is 0.336 e. The zero-order valence-electron chi connectivity index (χ0n) is 12.9. The summed E-state index contributed by atoms with van der Waals surface area (Å²) in [6.45, 7) is 0.689. The predicted molar refractivity (Wildman–Crippen MR) is 85.5 cm³/mol. The number of benzene rings is 1. The SMILES string of the molecule is Cc1cc(=O)oc2c1C=CC(O)(O)C2(CO)C(=O)c1ccccc1. The van der Waals surface area contributed by atoms with Crippen LogP contribution < -0.4 is 5.63 Å². The molecular formula is C18H16O6. The molecule has 1 aliphatic carbocycles. The van der Waals surface area contributed by atoms with Crippen LogP contribution in [-0.2, 0) is 5.41 Å². The van der Waals surface area contributed by atoms with Crippen LogP contribution in [0.4, 0.5) is 0 Å². The van der Waals surface area contributed by atoms with E-state index in [0.717, 1.165) is 6.08 Å². The third kappa shape index (κ3) is 2.16. The summed E-state index contributed by atoms with van der Waals surface area (Å²) < 4.78 is 5.16. The third-order valence-corrected chi connectivity index (χ3v) is 4.37. The monoisotopic (exact) mass is 328 g/mol. The van der Waals surface area contributed by atoms with Gasteiger partial charge in [0.2, 0.25) is 5.79 Å². The van der Waals surface area contributed by atoms with E-state index in [0.29, 0.717) is 11.1 Å². The van der Waals surface area contributed by atoms with Crippen LogP contribution in [0.15, 0.2) is 51.7 Å². The Labute approximate surface area is 137 Å². The molecule has 3 N–H and O–H groups in total. The summed E-state index contributed by atoms with van der Waals surface area (Å²) in [5.74, 6) is -3.72. The van der Waals surface area contributed by atoms with E-state index >= 15 is 0 Å². The van der Waals surface area contributed by atoms with Gasteiger partial charge < -0.3 is 19.7 Å². The summed E-state index contributed by atoms with van der Waals surface area (Å²) in [5, 5.41) is 30.9. The Morgan fingerprint density at radius 1 is 1.21 bits per heavy atom. The average Bonchev–Trinajstić information content (AvgIpc) is 2.54. The van der Waals surface area contributed by atoms with Crippen molar-refractivity contribution in [1.82, 2.24) is 0 Å². The summed E-state index contributed by atoms with van der Waals surface area (Å²) in [7, 11) is 0. The standard InChI is InChI=1S/C18H16O6/c1-11-9-14(20)24-16-13(11)7-8-18(22,23)17(16,10-19)15(21)12-5-3-2-4-6-12/h2-9,19,22-23H,10H2,1H3. The van der Waals surface area contributed by atoms with Crippen molar-refractivity contribution in [1.29, 1.82) is 0 Å². The topological polar surface area (TPSA) is 108 Å². The molecule has 1 aliphatic rings. The van der Waals surface area contributed by atoms with Gasteiger partial charge in [-0.1, -0.05) is 30.3 Å². The van der Waals surface area contributed by atoms with Crippen LogP contribution in [0.25, 0.3) is 6.08 Å². The summed E-state index contributed by atoms with van der Waals surface area (Å²) in [6.07, 6.45) is 2.37. The van der Waals surface area contributed by atoms with Gasteiger partial charge in [-0.25, -0.2) is 4.79 Å². The Balaban J connectivity index is 2.35. The third-order valence-electron chi connectivity index (χ3n) is 4.37. The lowest BCUT2D eigenvalue weighted by Crippen LogP contribution is -2.60. The van der Waals surface area contributed by atoms with Gasteiger partial charge in [0.05, 0.1) is 6.61 Å². The molecule has 0 saturated heterocycles. The van der Waals surface area contributed by atoms with Crippen molar-refractivity contribution >= 4 is 11.9 Å². The highest BCUT2D eigenvalue weighted by Gasteiger charge is 2.60. The maximum absolute atomic E-state index is 13.1. The number of carbonyl (C=O) groups excluding carboxylic acids is 1. The number of rotatable bonds is 3. The molecule has 0 fully saturated rings. The Morgan fingerprint density at radius 2 is 1.88 bits per heavy atom. The van der Waals surface area contributed by atoms with Crippen LogP contribution in [0.2, 0.25) is 0 Å². The van der Waals surface area contributed by atoms with Gasteiger partial charge in [0.25, 0.3) is 0 Å². The van der Waals surface area contributed by atoms with E-state index in [1.165, 1.54) is 24.3 Å². The quantitative estimate of drug-likeness (QED) is 0.567. The first kappa shape index (κ1) is 16.3. The van der Waals surface area contributed by atoms with Crippen LogP contribution in [0, 0.1) is 6.92 Å².